The zero-order valence-corrected chi connectivity index (χ0v) is 14.3. The average molecular weight is 310 g/mol. The van der Waals surface area contributed by atoms with Crippen LogP contribution in [0.1, 0.15) is 57.1 Å². The second-order valence-corrected chi connectivity index (χ2v) is 7.51. The molecule has 3 N–H and O–H groups in total. The Hall–Kier alpha value is -1.23. The van der Waals surface area contributed by atoms with E-state index in [1.165, 1.54) is 11.3 Å². The Morgan fingerprint density at radius 3 is 2.38 bits per heavy atom. The molecule has 118 valence electrons. The summed E-state index contributed by atoms with van der Waals surface area (Å²) >= 11 is 1.44. The molecule has 0 bridgehead atoms. The molecule has 5 heteroatoms. The minimum absolute atomic E-state index is 0.0284. The van der Waals surface area contributed by atoms with Crippen molar-refractivity contribution in [3.05, 3.63) is 4.88 Å². The van der Waals surface area contributed by atoms with Crippen LogP contribution < -0.4 is 15.8 Å². The van der Waals surface area contributed by atoms with Crippen LogP contribution in [0.25, 0.3) is 0 Å². The highest BCUT2D eigenvalue weighted by atomic mass is 32.1. The van der Waals surface area contributed by atoms with Gasteiger partial charge in [-0.2, -0.15) is 0 Å². The number of nitrogens with two attached hydrogens (primary N) is 1. The molecular formula is C16H26N2O2S. The number of nitrogen functional groups attached to an aromatic ring is 1. The van der Waals surface area contributed by atoms with Crippen LogP contribution in [-0.4, -0.2) is 17.9 Å². The number of Topliss-reactive ketones (excluding diaryl/α,β-unsaturated/α-hetero) is 1. The molecule has 1 atom stereocenters. The lowest BCUT2D eigenvalue weighted by molar-refractivity contribution is 0.0972. The smallest absolute Gasteiger partial charge is 0.178 e. The number of carbonyl (C=O) groups excluding carboxylic acids is 1. The van der Waals surface area contributed by atoms with Gasteiger partial charge < -0.3 is 15.8 Å². The fourth-order valence-corrected chi connectivity index (χ4v) is 3.13. The van der Waals surface area contributed by atoms with E-state index in [2.05, 4.69) is 26.1 Å². The summed E-state index contributed by atoms with van der Waals surface area (Å²) in [6.45, 7) is 10.4. The summed E-state index contributed by atoms with van der Waals surface area (Å²) in [5, 5.41) is 4.33. The zero-order chi connectivity index (χ0) is 15.7. The maximum atomic E-state index is 12.3. The van der Waals surface area contributed by atoms with Gasteiger partial charge >= 0.3 is 0 Å². The predicted octanol–water partition coefficient (Wildman–Crippen LogP) is 4.17. The molecule has 0 aliphatic heterocycles. The van der Waals surface area contributed by atoms with Crippen LogP contribution in [0.5, 0.6) is 5.75 Å². The molecule has 0 saturated heterocycles. The molecule has 0 radical (unpaired) electrons. The second-order valence-electron chi connectivity index (χ2n) is 6.49. The van der Waals surface area contributed by atoms with Crippen molar-refractivity contribution in [1.29, 1.82) is 0 Å². The van der Waals surface area contributed by atoms with Gasteiger partial charge in [-0.3, -0.25) is 4.79 Å². The van der Waals surface area contributed by atoms with E-state index in [4.69, 9.17) is 10.5 Å². The number of hydrogen-bond donors (Lipinski definition) is 2. The molecule has 1 aliphatic rings. The van der Waals surface area contributed by atoms with E-state index < -0.39 is 0 Å². The Kier molecular flexibility index (Phi) is 4.81. The van der Waals surface area contributed by atoms with Gasteiger partial charge in [0, 0.05) is 12.0 Å². The molecule has 1 unspecified atom stereocenters. The van der Waals surface area contributed by atoms with Gasteiger partial charge in [-0.15, -0.1) is 11.3 Å². The summed E-state index contributed by atoms with van der Waals surface area (Å²) in [7, 11) is 0. The van der Waals surface area contributed by atoms with Crippen LogP contribution in [0.4, 0.5) is 10.7 Å². The first-order chi connectivity index (χ1) is 9.81. The molecule has 0 aromatic carbocycles. The number of ketones is 1. The number of nitrogens with one attached hydrogen (secondary N) is 1. The topological polar surface area (TPSA) is 64.3 Å². The molecular weight excluding hydrogens is 284 g/mol. The van der Waals surface area contributed by atoms with E-state index in [9.17, 15) is 4.79 Å². The van der Waals surface area contributed by atoms with Crippen molar-refractivity contribution < 1.29 is 9.53 Å². The number of rotatable bonds is 7. The zero-order valence-electron chi connectivity index (χ0n) is 13.5. The molecule has 1 heterocycles. The first kappa shape index (κ1) is 16.1. The van der Waals surface area contributed by atoms with E-state index in [-0.39, 0.29) is 17.8 Å². The Morgan fingerprint density at radius 2 is 1.90 bits per heavy atom. The van der Waals surface area contributed by atoms with E-state index >= 15 is 0 Å². The lowest BCUT2D eigenvalue weighted by Gasteiger charge is -2.19. The van der Waals surface area contributed by atoms with E-state index in [0.717, 1.165) is 17.8 Å². The summed E-state index contributed by atoms with van der Waals surface area (Å²) in [6.07, 6.45) is 2.00. The normalized spacial score (nSPS) is 16.3. The predicted molar refractivity (Wildman–Crippen MR) is 89.5 cm³/mol. The Morgan fingerprint density at radius 1 is 1.29 bits per heavy atom. The molecule has 1 saturated carbocycles. The van der Waals surface area contributed by atoms with Crippen molar-refractivity contribution in [1.82, 2.24) is 0 Å². The lowest BCUT2D eigenvalue weighted by Crippen LogP contribution is -2.21. The van der Waals surface area contributed by atoms with Gasteiger partial charge in [0.1, 0.15) is 5.00 Å². The number of ether oxygens (including phenoxy) is 1. The van der Waals surface area contributed by atoms with Crippen molar-refractivity contribution in [2.45, 2.75) is 59.6 Å². The number of anilines is 2. The number of carbonyl (C=O) groups is 1. The minimum atomic E-state index is 0.0284. The molecule has 4 nitrogen and oxygen atoms in total. The van der Waals surface area contributed by atoms with Gasteiger partial charge in [0.15, 0.2) is 11.5 Å². The average Bonchev–Trinajstić information content (AvgIpc) is 3.19. The summed E-state index contributed by atoms with van der Waals surface area (Å²) < 4.78 is 5.86. The second kappa shape index (κ2) is 6.26. The van der Waals surface area contributed by atoms with Crippen molar-refractivity contribution in [2.75, 3.05) is 11.1 Å². The van der Waals surface area contributed by atoms with Crippen LogP contribution >= 0.6 is 11.3 Å². The Bertz CT molecular complexity index is 519. The largest absolute Gasteiger partial charge is 0.486 e. The minimum Gasteiger partial charge on any atom is -0.486 e. The molecule has 1 aromatic rings. The Labute approximate surface area is 131 Å². The summed E-state index contributed by atoms with van der Waals surface area (Å²) in [5.41, 5.74) is 6.70. The lowest BCUT2D eigenvalue weighted by atomic mass is 10.1. The first-order valence-corrected chi connectivity index (χ1v) is 8.52. The molecule has 1 aliphatic carbocycles. The highest BCUT2D eigenvalue weighted by Crippen LogP contribution is 2.47. The van der Waals surface area contributed by atoms with Gasteiger partial charge in [0.2, 0.25) is 0 Å². The van der Waals surface area contributed by atoms with E-state index in [0.29, 0.717) is 28.3 Å². The Balaban J connectivity index is 2.31. The fourth-order valence-electron chi connectivity index (χ4n) is 1.96. The van der Waals surface area contributed by atoms with Crippen LogP contribution in [0.15, 0.2) is 0 Å². The molecule has 0 spiro atoms. The molecule has 21 heavy (non-hydrogen) atoms. The van der Waals surface area contributed by atoms with Crippen molar-refractivity contribution in [3.8, 4) is 5.75 Å². The number of thiophene rings is 1. The quantitative estimate of drug-likeness (QED) is 0.742. The van der Waals surface area contributed by atoms with Gasteiger partial charge in [-0.25, -0.2) is 0 Å². The van der Waals surface area contributed by atoms with Crippen LogP contribution in [0.2, 0.25) is 0 Å². The third-order valence-corrected chi connectivity index (χ3v) is 4.92. The van der Waals surface area contributed by atoms with Crippen LogP contribution in [0, 0.1) is 11.8 Å². The summed E-state index contributed by atoms with van der Waals surface area (Å²) in [4.78, 5) is 13.0. The SMILES string of the molecule is CC(C)Oc1c(NC(C)C(C)C)sc(C(=O)C2CC2)c1N. The molecule has 2 rings (SSSR count). The standard InChI is InChI=1S/C16H26N2O2S/c1-8(2)10(5)18-16-14(20-9(3)4)12(17)15(21-16)13(19)11-6-7-11/h8-11,18H,6-7,17H2,1-5H3. The highest BCUT2D eigenvalue weighted by Gasteiger charge is 2.34. The van der Waals surface area contributed by atoms with Gasteiger partial charge in [-0.05, 0) is 39.5 Å². The van der Waals surface area contributed by atoms with Crippen molar-refractivity contribution in [3.63, 3.8) is 0 Å². The highest BCUT2D eigenvalue weighted by molar-refractivity contribution is 7.19. The maximum Gasteiger partial charge on any atom is 0.178 e. The summed E-state index contributed by atoms with van der Waals surface area (Å²) in [6, 6.07) is 0.293. The monoisotopic (exact) mass is 310 g/mol. The maximum absolute atomic E-state index is 12.3. The van der Waals surface area contributed by atoms with Gasteiger partial charge in [-0.1, -0.05) is 13.8 Å². The van der Waals surface area contributed by atoms with Crippen molar-refractivity contribution >= 4 is 27.8 Å². The van der Waals surface area contributed by atoms with Gasteiger partial charge in [0.05, 0.1) is 16.7 Å². The molecule has 1 fully saturated rings. The summed E-state index contributed by atoms with van der Waals surface area (Å²) in [5.74, 6) is 1.49. The van der Waals surface area contributed by atoms with E-state index in [1.54, 1.807) is 0 Å². The van der Waals surface area contributed by atoms with E-state index in [1.807, 2.05) is 13.8 Å². The fraction of sp³-hybridized carbons (Fsp3) is 0.688. The van der Waals surface area contributed by atoms with Crippen LogP contribution in [-0.2, 0) is 0 Å². The molecule has 1 aromatic heterocycles. The molecule has 0 amide bonds. The third-order valence-electron chi connectivity index (χ3n) is 3.78. The first-order valence-electron chi connectivity index (χ1n) is 7.70. The third kappa shape index (κ3) is 3.70. The van der Waals surface area contributed by atoms with Crippen molar-refractivity contribution in [2.24, 2.45) is 11.8 Å². The van der Waals surface area contributed by atoms with Gasteiger partial charge in [0.25, 0.3) is 0 Å². The number of hydrogen-bond acceptors (Lipinski definition) is 5. The van der Waals surface area contributed by atoms with Crippen LogP contribution in [0.3, 0.4) is 0 Å².